The maximum absolute atomic E-state index is 6.22. The van der Waals surface area contributed by atoms with Crippen LogP contribution in [0.5, 0.6) is 5.75 Å². The molecule has 0 radical (unpaired) electrons. The van der Waals surface area contributed by atoms with Gasteiger partial charge in [0.05, 0.1) is 5.02 Å². The molecule has 0 saturated heterocycles. The first kappa shape index (κ1) is 14.9. The number of hydrogen-bond donors (Lipinski definition) is 1. The van der Waals surface area contributed by atoms with Gasteiger partial charge >= 0.3 is 0 Å². The summed E-state index contributed by atoms with van der Waals surface area (Å²) in [5, 5.41) is 7.87. The molecule has 1 heterocycles. The van der Waals surface area contributed by atoms with Gasteiger partial charge in [-0.2, -0.15) is 0 Å². The van der Waals surface area contributed by atoms with E-state index in [0.29, 0.717) is 30.0 Å². The second-order valence-corrected chi connectivity index (χ2v) is 5.39. The molecule has 2 rings (SSSR count). The number of para-hydroxylation sites is 1. The van der Waals surface area contributed by atoms with Crippen LogP contribution in [0.15, 0.2) is 28.8 Å². The third-order valence-electron chi connectivity index (χ3n) is 2.79. The number of benzene rings is 1. The lowest BCUT2D eigenvalue weighted by Gasteiger charge is -2.14. The lowest BCUT2D eigenvalue weighted by atomic mass is 10.2. The van der Waals surface area contributed by atoms with Crippen molar-refractivity contribution in [3.05, 3.63) is 46.3 Å². The molecule has 4 nitrogen and oxygen atoms in total. The lowest BCUT2D eigenvalue weighted by Crippen LogP contribution is -2.22. The van der Waals surface area contributed by atoms with Crippen molar-refractivity contribution in [2.24, 2.45) is 0 Å². The van der Waals surface area contributed by atoms with Crippen molar-refractivity contribution >= 4 is 11.6 Å². The molecule has 1 N–H and O–H groups in total. The van der Waals surface area contributed by atoms with Crippen LogP contribution in [0, 0.1) is 6.92 Å². The zero-order valence-corrected chi connectivity index (χ0v) is 12.7. The first-order valence-electron chi connectivity index (χ1n) is 6.62. The molecule has 1 aromatic carbocycles. The Hall–Kier alpha value is -1.52. The smallest absolute Gasteiger partial charge is 0.142 e. The van der Waals surface area contributed by atoms with Crippen molar-refractivity contribution < 1.29 is 9.26 Å². The van der Waals surface area contributed by atoms with E-state index in [1.165, 1.54) is 0 Å². The molecule has 0 unspecified atom stereocenters. The molecule has 1 aromatic heterocycles. The molecular formula is C15H19ClN2O2. The van der Waals surface area contributed by atoms with Gasteiger partial charge < -0.3 is 14.6 Å². The highest BCUT2D eigenvalue weighted by Gasteiger charge is 2.10. The van der Waals surface area contributed by atoms with Gasteiger partial charge in [-0.05, 0) is 13.0 Å². The van der Waals surface area contributed by atoms with Crippen LogP contribution in [-0.2, 0) is 13.2 Å². The number of ether oxygens (including phenoxy) is 1. The average molecular weight is 295 g/mol. The fourth-order valence-electron chi connectivity index (χ4n) is 1.80. The van der Waals surface area contributed by atoms with Crippen LogP contribution in [-0.4, -0.2) is 11.2 Å². The third-order valence-corrected chi connectivity index (χ3v) is 3.09. The Balaban J connectivity index is 2.08. The van der Waals surface area contributed by atoms with E-state index in [1.807, 2.05) is 31.2 Å². The Bertz CT molecular complexity index is 567. The largest absolute Gasteiger partial charge is 0.485 e. The highest BCUT2D eigenvalue weighted by molar-refractivity contribution is 6.32. The van der Waals surface area contributed by atoms with Gasteiger partial charge in [0.25, 0.3) is 0 Å². The molecular weight excluding hydrogens is 276 g/mol. The minimum Gasteiger partial charge on any atom is -0.485 e. The second-order valence-electron chi connectivity index (χ2n) is 4.98. The highest BCUT2D eigenvalue weighted by atomic mass is 35.5. The van der Waals surface area contributed by atoms with Gasteiger partial charge in [-0.15, -0.1) is 0 Å². The monoisotopic (exact) mass is 294 g/mol. The molecule has 0 amide bonds. The zero-order chi connectivity index (χ0) is 14.5. The predicted molar refractivity (Wildman–Crippen MR) is 79.0 cm³/mol. The van der Waals surface area contributed by atoms with Gasteiger partial charge in [0.1, 0.15) is 23.8 Å². The van der Waals surface area contributed by atoms with Crippen molar-refractivity contribution in [3.8, 4) is 5.75 Å². The standard InChI is InChI=1S/C15H19ClN2O2/c1-10(2)17-8-12-5-4-6-14(16)15(12)19-9-13-7-11(3)20-18-13/h4-7,10,17H,8-9H2,1-3H3. The summed E-state index contributed by atoms with van der Waals surface area (Å²) < 4.78 is 10.8. The van der Waals surface area contributed by atoms with E-state index in [0.717, 1.165) is 17.0 Å². The van der Waals surface area contributed by atoms with Crippen LogP contribution in [0.3, 0.4) is 0 Å². The summed E-state index contributed by atoms with van der Waals surface area (Å²) in [5.41, 5.74) is 1.79. The van der Waals surface area contributed by atoms with Crippen LogP contribution < -0.4 is 10.1 Å². The Morgan fingerprint density at radius 1 is 1.40 bits per heavy atom. The fourth-order valence-corrected chi connectivity index (χ4v) is 2.05. The van der Waals surface area contributed by atoms with Crippen LogP contribution >= 0.6 is 11.6 Å². The minimum atomic E-state index is 0.343. The average Bonchev–Trinajstić information content (AvgIpc) is 2.81. The van der Waals surface area contributed by atoms with Crippen LogP contribution in [0.4, 0.5) is 0 Å². The van der Waals surface area contributed by atoms with E-state index in [9.17, 15) is 0 Å². The van der Waals surface area contributed by atoms with Gasteiger partial charge in [0, 0.05) is 24.2 Å². The fraction of sp³-hybridized carbons (Fsp3) is 0.400. The maximum atomic E-state index is 6.22. The van der Waals surface area contributed by atoms with Gasteiger partial charge in [0.2, 0.25) is 0 Å². The van der Waals surface area contributed by atoms with Crippen molar-refractivity contribution in [3.63, 3.8) is 0 Å². The normalized spacial score (nSPS) is 11.1. The number of rotatable bonds is 6. The van der Waals surface area contributed by atoms with E-state index in [-0.39, 0.29) is 0 Å². The summed E-state index contributed by atoms with van der Waals surface area (Å²) in [5.74, 6) is 1.47. The van der Waals surface area contributed by atoms with Crippen molar-refractivity contribution in [1.29, 1.82) is 0 Å². The Labute approximate surface area is 124 Å². The minimum absolute atomic E-state index is 0.343. The number of aryl methyl sites for hydroxylation is 1. The first-order chi connectivity index (χ1) is 9.56. The Morgan fingerprint density at radius 2 is 2.20 bits per heavy atom. The lowest BCUT2D eigenvalue weighted by molar-refractivity contribution is 0.284. The van der Waals surface area contributed by atoms with E-state index in [1.54, 1.807) is 0 Å². The second kappa shape index (κ2) is 6.77. The molecule has 2 aromatic rings. The van der Waals surface area contributed by atoms with Crippen molar-refractivity contribution in [2.75, 3.05) is 0 Å². The topological polar surface area (TPSA) is 47.3 Å². The zero-order valence-electron chi connectivity index (χ0n) is 11.9. The third kappa shape index (κ3) is 3.99. The predicted octanol–water partition coefficient (Wildman–Crippen LogP) is 3.71. The van der Waals surface area contributed by atoms with E-state index in [4.69, 9.17) is 20.9 Å². The van der Waals surface area contributed by atoms with E-state index >= 15 is 0 Å². The summed E-state index contributed by atoms with van der Waals surface area (Å²) in [6.45, 7) is 7.11. The van der Waals surface area contributed by atoms with Gasteiger partial charge in [-0.25, -0.2) is 0 Å². The summed E-state index contributed by atoms with van der Waals surface area (Å²) >= 11 is 6.22. The molecule has 108 valence electrons. The van der Waals surface area contributed by atoms with E-state index < -0.39 is 0 Å². The molecule has 20 heavy (non-hydrogen) atoms. The number of nitrogens with one attached hydrogen (secondary N) is 1. The van der Waals surface area contributed by atoms with Gasteiger partial charge in [0.15, 0.2) is 0 Å². The number of halogens is 1. The molecule has 0 fully saturated rings. The summed E-state index contributed by atoms with van der Waals surface area (Å²) in [6.07, 6.45) is 0. The number of nitrogens with zero attached hydrogens (tertiary/aromatic N) is 1. The Morgan fingerprint density at radius 3 is 2.85 bits per heavy atom. The van der Waals surface area contributed by atoms with Crippen LogP contribution in [0.1, 0.15) is 30.9 Å². The summed E-state index contributed by atoms with van der Waals surface area (Å²) in [4.78, 5) is 0. The molecule has 0 aliphatic rings. The quantitative estimate of drug-likeness (QED) is 0.882. The summed E-state index contributed by atoms with van der Waals surface area (Å²) in [6, 6.07) is 8.00. The molecule has 0 aliphatic heterocycles. The van der Waals surface area contributed by atoms with Crippen LogP contribution in [0.2, 0.25) is 5.02 Å². The van der Waals surface area contributed by atoms with Crippen molar-refractivity contribution in [2.45, 2.75) is 40.0 Å². The highest BCUT2D eigenvalue weighted by Crippen LogP contribution is 2.29. The van der Waals surface area contributed by atoms with Crippen LogP contribution in [0.25, 0.3) is 0 Å². The van der Waals surface area contributed by atoms with E-state index in [2.05, 4.69) is 24.3 Å². The number of aromatic nitrogens is 1. The molecule has 0 saturated carbocycles. The molecule has 0 atom stereocenters. The molecule has 0 aliphatic carbocycles. The first-order valence-corrected chi connectivity index (χ1v) is 7.00. The Kier molecular flexibility index (Phi) is 5.04. The van der Waals surface area contributed by atoms with Gasteiger partial charge in [-0.1, -0.05) is 42.7 Å². The number of hydrogen-bond acceptors (Lipinski definition) is 4. The maximum Gasteiger partial charge on any atom is 0.142 e. The van der Waals surface area contributed by atoms with Gasteiger partial charge in [-0.3, -0.25) is 0 Å². The molecule has 0 bridgehead atoms. The summed E-state index contributed by atoms with van der Waals surface area (Å²) in [7, 11) is 0. The molecule has 0 spiro atoms. The SMILES string of the molecule is Cc1cc(COc2c(Cl)cccc2CNC(C)C)no1. The molecule has 5 heteroatoms. The van der Waals surface area contributed by atoms with Crippen molar-refractivity contribution in [1.82, 2.24) is 10.5 Å².